The van der Waals surface area contributed by atoms with Crippen LogP contribution in [0.2, 0.25) is 0 Å². The number of benzene rings is 1. The molecule has 2 fully saturated rings. The van der Waals surface area contributed by atoms with Crippen LogP contribution in [0.4, 0.5) is 0 Å². The summed E-state index contributed by atoms with van der Waals surface area (Å²) in [5, 5.41) is 0. The van der Waals surface area contributed by atoms with Gasteiger partial charge in [0.25, 0.3) is 0 Å². The topological polar surface area (TPSA) is 111 Å². The first-order chi connectivity index (χ1) is 11.2. The van der Waals surface area contributed by atoms with Crippen LogP contribution in [0.15, 0.2) is 30.3 Å². The minimum Gasteiger partial charge on any atom is -0.327 e. The second kappa shape index (κ2) is 9.12. The number of hydrogen-bond acceptors (Lipinski definition) is 6. The Hall–Kier alpha value is -0.960. The molecule has 2 saturated heterocycles. The third kappa shape index (κ3) is 7.43. The van der Waals surface area contributed by atoms with Crippen LogP contribution in [0.5, 0.6) is 0 Å². The van der Waals surface area contributed by atoms with Gasteiger partial charge in [0.05, 0.1) is 23.0 Å². The van der Waals surface area contributed by atoms with E-state index in [1.165, 1.54) is 0 Å². The molecule has 1 aromatic rings. The lowest BCUT2D eigenvalue weighted by atomic mass is 9.98. The van der Waals surface area contributed by atoms with Crippen LogP contribution in [-0.4, -0.2) is 51.7 Å². The Morgan fingerprint density at radius 2 is 1.52 bits per heavy atom. The normalized spacial score (nSPS) is 26.1. The van der Waals surface area contributed by atoms with E-state index in [9.17, 15) is 21.6 Å². The highest BCUT2D eigenvalue weighted by Crippen LogP contribution is 2.23. The molecule has 0 unspecified atom stereocenters. The predicted molar refractivity (Wildman–Crippen MR) is 101 cm³/mol. The summed E-state index contributed by atoms with van der Waals surface area (Å²) in [6.07, 6.45) is 1.62. The van der Waals surface area contributed by atoms with Crippen molar-refractivity contribution < 1.29 is 21.6 Å². The van der Waals surface area contributed by atoms with Gasteiger partial charge in [-0.3, -0.25) is 4.79 Å². The highest BCUT2D eigenvalue weighted by Gasteiger charge is 2.29. The van der Waals surface area contributed by atoms with Crippen LogP contribution in [0.3, 0.4) is 0 Å². The van der Waals surface area contributed by atoms with Gasteiger partial charge < -0.3 is 5.73 Å². The van der Waals surface area contributed by atoms with Crippen molar-refractivity contribution in [3.8, 4) is 0 Å². The Morgan fingerprint density at radius 3 is 1.92 bits per heavy atom. The van der Waals surface area contributed by atoms with Gasteiger partial charge in [0.15, 0.2) is 25.5 Å². The Morgan fingerprint density at radius 1 is 0.960 bits per heavy atom. The lowest BCUT2D eigenvalue weighted by molar-refractivity contribution is 0.0965. The van der Waals surface area contributed by atoms with Gasteiger partial charge in [-0.25, -0.2) is 16.8 Å². The van der Waals surface area contributed by atoms with Crippen molar-refractivity contribution in [1.82, 2.24) is 0 Å². The number of halogens is 1. The number of ketones is 1. The van der Waals surface area contributed by atoms with Crippen molar-refractivity contribution in [3.05, 3.63) is 35.9 Å². The van der Waals surface area contributed by atoms with E-state index in [0.717, 1.165) is 0 Å². The number of sulfone groups is 2. The van der Waals surface area contributed by atoms with E-state index in [0.29, 0.717) is 24.8 Å². The molecule has 142 valence electrons. The predicted octanol–water partition coefficient (Wildman–Crippen LogP) is 1.25. The average molecular weight is 410 g/mol. The van der Waals surface area contributed by atoms with E-state index in [-0.39, 0.29) is 53.2 Å². The molecule has 0 saturated carbocycles. The summed E-state index contributed by atoms with van der Waals surface area (Å²) in [4.78, 5) is 11.8. The van der Waals surface area contributed by atoms with E-state index in [2.05, 4.69) is 0 Å². The molecule has 2 N–H and O–H groups in total. The van der Waals surface area contributed by atoms with Gasteiger partial charge in [-0.2, -0.15) is 0 Å². The molecule has 25 heavy (non-hydrogen) atoms. The zero-order valence-corrected chi connectivity index (χ0v) is 16.3. The Kier molecular flexibility index (Phi) is 8.05. The van der Waals surface area contributed by atoms with Gasteiger partial charge in [-0.15, -0.1) is 12.4 Å². The highest BCUT2D eigenvalue weighted by molar-refractivity contribution is 7.91. The quantitative estimate of drug-likeness (QED) is 0.752. The van der Waals surface area contributed by atoms with Crippen LogP contribution >= 0.6 is 12.4 Å². The molecule has 0 radical (unpaired) electrons. The van der Waals surface area contributed by atoms with Crippen LogP contribution in [-0.2, 0) is 19.7 Å². The summed E-state index contributed by atoms with van der Waals surface area (Å²) < 4.78 is 43.6. The second-order valence-corrected chi connectivity index (χ2v) is 10.9. The summed E-state index contributed by atoms with van der Waals surface area (Å²) in [5.74, 6) is 0.937. The monoisotopic (exact) mass is 409 g/mol. The van der Waals surface area contributed by atoms with Crippen molar-refractivity contribution in [2.24, 2.45) is 11.7 Å². The number of rotatable bonds is 3. The van der Waals surface area contributed by atoms with Crippen molar-refractivity contribution in [2.75, 3.05) is 23.0 Å². The SMILES string of the molecule is Cl.N[C@H]1CCS(=O)(=O)C1.O=C(C[C@H]1CCS(=O)(=O)C1)c1ccccc1. The van der Waals surface area contributed by atoms with Crippen molar-refractivity contribution in [1.29, 1.82) is 0 Å². The second-order valence-electron chi connectivity index (χ2n) is 6.43. The molecule has 1 aromatic carbocycles. The smallest absolute Gasteiger partial charge is 0.163 e. The maximum Gasteiger partial charge on any atom is 0.163 e. The van der Waals surface area contributed by atoms with Crippen LogP contribution in [0.25, 0.3) is 0 Å². The molecule has 9 heteroatoms. The Balaban J connectivity index is 0.000000295. The molecular weight excluding hydrogens is 386 g/mol. The fraction of sp³-hybridized carbons (Fsp3) is 0.562. The third-order valence-electron chi connectivity index (χ3n) is 4.16. The van der Waals surface area contributed by atoms with Crippen molar-refractivity contribution in [2.45, 2.75) is 25.3 Å². The number of carbonyl (C=O) groups is 1. The average Bonchev–Trinajstić information content (AvgIpc) is 3.01. The van der Waals surface area contributed by atoms with E-state index in [1.54, 1.807) is 12.1 Å². The fourth-order valence-corrected chi connectivity index (χ4v) is 6.37. The van der Waals surface area contributed by atoms with Crippen LogP contribution < -0.4 is 5.73 Å². The van der Waals surface area contributed by atoms with Gasteiger partial charge >= 0.3 is 0 Å². The number of hydrogen-bond donors (Lipinski definition) is 1. The first-order valence-corrected chi connectivity index (χ1v) is 11.6. The number of nitrogens with two attached hydrogens (primary N) is 1. The molecule has 0 spiro atoms. The summed E-state index contributed by atoms with van der Waals surface area (Å²) in [7, 11) is -5.60. The summed E-state index contributed by atoms with van der Waals surface area (Å²) >= 11 is 0. The minimum atomic E-state index is -2.88. The first-order valence-electron chi connectivity index (χ1n) is 7.91. The maximum atomic E-state index is 11.8. The Bertz CT molecular complexity index is 778. The molecule has 0 aromatic heterocycles. The van der Waals surface area contributed by atoms with Gasteiger partial charge in [0.2, 0.25) is 0 Å². The minimum absolute atomic E-state index is 0. The summed E-state index contributed by atoms with van der Waals surface area (Å²) in [6, 6.07) is 8.94. The fourth-order valence-electron chi connectivity index (χ4n) is 2.86. The molecule has 3 rings (SSSR count). The molecule has 6 nitrogen and oxygen atoms in total. The molecule has 0 aliphatic carbocycles. The highest BCUT2D eigenvalue weighted by atomic mass is 35.5. The van der Waals surface area contributed by atoms with Gasteiger partial charge in [0.1, 0.15) is 0 Å². The largest absolute Gasteiger partial charge is 0.327 e. The van der Waals surface area contributed by atoms with Crippen molar-refractivity contribution >= 4 is 37.9 Å². The molecule has 2 heterocycles. The Labute approximate surface area is 155 Å². The molecule has 2 aliphatic heterocycles. The number of carbonyl (C=O) groups excluding carboxylic acids is 1. The first kappa shape index (κ1) is 22.1. The number of Topliss-reactive ketones (excluding diaryl/α,β-unsaturated/α-hetero) is 1. The van der Waals surface area contributed by atoms with Gasteiger partial charge in [0, 0.05) is 18.0 Å². The molecule has 2 atom stereocenters. The van der Waals surface area contributed by atoms with Crippen LogP contribution in [0, 0.1) is 5.92 Å². The summed E-state index contributed by atoms with van der Waals surface area (Å²) in [5.41, 5.74) is 6.00. The molecule has 2 aliphatic rings. The zero-order chi connectivity index (χ0) is 17.8. The van der Waals surface area contributed by atoms with E-state index < -0.39 is 19.7 Å². The molecule has 0 amide bonds. The van der Waals surface area contributed by atoms with Crippen LogP contribution in [0.1, 0.15) is 29.6 Å². The van der Waals surface area contributed by atoms with E-state index >= 15 is 0 Å². The summed E-state index contributed by atoms with van der Waals surface area (Å²) in [6.45, 7) is 0. The van der Waals surface area contributed by atoms with E-state index in [4.69, 9.17) is 5.73 Å². The maximum absolute atomic E-state index is 11.8. The van der Waals surface area contributed by atoms with E-state index in [1.807, 2.05) is 18.2 Å². The zero-order valence-electron chi connectivity index (χ0n) is 13.8. The lowest BCUT2D eigenvalue weighted by Gasteiger charge is -2.05. The molecular formula is C16H24ClNO5S2. The van der Waals surface area contributed by atoms with Gasteiger partial charge in [-0.1, -0.05) is 30.3 Å². The van der Waals surface area contributed by atoms with Gasteiger partial charge in [-0.05, 0) is 18.8 Å². The van der Waals surface area contributed by atoms with Crippen molar-refractivity contribution in [3.63, 3.8) is 0 Å². The molecule has 0 bridgehead atoms. The lowest BCUT2D eigenvalue weighted by Crippen LogP contribution is -2.20. The standard InChI is InChI=1S/C12H14O3S.C4H9NO2S.ClH/c13-12(11-4-2-1-3-5-11)8-10-6-7-16(14,15)9-10;5-4-1-2-8(6,7)3-4;/h1-5,10H,6-9H2;4H,1-3,5H2;1H/t10-;4-;/m10./s1. The third-order valence-corrected chi connectivity index (χ3v) is 7.79.